The molecular weight excluding hydrogens is 384 g/mol. The van der Waals surface area contributed by atoms with Crippen molar-refractivity contribution in [3.63, 3.8) is 0 Å². The van der Waals surface area contributed by atoms with Crippen LogP contribution in [0.5, 0.6) is 0 Å². The molecule has 0 aliphatic carbocycles. The highest BCUT2D eigenvalue weighted by Crippen LogP contribution is 2.33. The van der Waals surface area contributed by atoms with Crippen LogP contribution in [0.25, 0.3) is 6.08 Å². The molecular formula is C23H26N2OS2. The Balaban J connectivity index is 1.62. The SMILES string of the molecule is CCN(CC)c1ccc(/C=C2/SC(=S)N(CCCc3ccccc3)C2=O)cc1. The van der Waals surface area contributed by atoms with Crippen LogP contribution in [0.3, 0.4) is 0 Å². The molecule has 146 valence electrons. The van der Waals surface area contributed by atoms with Gasteiger partial charge in [0.1, 0.15) is 4.32 Å². The maximum atomic E-state index is 12.8. The fourth-order valence-electron chi connectivity index (χ4n) is 3.30. The van der Waals surface area contributed by atoms with E-state index in [9.17, 15) is 4.79 Å². The fourth-order valence-corrected chi connectivity index (χ4v) is 4.61. The molecule has 0 spiro atoms. The second kappa shape index (κ2) is 9.89. The Labute approximate surface area is 177 Å². The second-order valence-corrected chi connectivity index (χ2v) is 8.36. The van der Waals surface area contributed by atoms with E-state index >= 15 is 0 Å². The first-order chi connectivity index (χ1) is 13.6. The van der Waals surface area contributed by atoms with Crippen molar-refractivity contribution in [2.24, 2.45) is 0 Å². The van der Waals surface area contributed by atoms with Crippen molar-refractivity contribution < 1.29 is 4.79 Å². The minimum absolute atomic E-state index is 0.0240. The van der Waals surface area contributed by atoms with Crippen molar-refractivity contribution in [2.75, 3.05) is 24.5 Å². The van der Waals surface area contributed by atoms with Gasteiger partial charge in [-0.2, -0.15) is 0 Å². The number of carbonyl (C=O) groups excluding carboxylic acids is 1. The quantitative estimate of drug-likeness (QED) is 0.431. The fraction of sp³-hybridized carbons (Fsp3) is 0.304. The number of rotatable bonds is 8. The average Bonchev–Trinajstić information content (AvgIpc) is 2.98. The number of hydrogen-bond acceptors (Lipinski definition) is 4. The lowest BCUT2D eigenvalue weighted by Gasteiger charge is -2.20. The summed E-state index contributed by atoms with van der Waals surface area (Å²) in [4.78, 5) is 17.5. The lowest BCUT2D eigenvalue weighted by Crippen LogP contribution is -2.29. The van der Waals surface area contributed by atoms with Crippen LogP contribution in [0.4, 0.5) is 5.69 Å². The maximum Gasteiger partial charge on any atom is 0.266 e. The summed E-state index contributed by atoms with van der Waals surface area (Å²) in [6.45, 7) is 6.94. The molecule has 0 bridgehead atoms. The zero-order chi connectivity index (χ0) is 19.9. The predicted molar refractivity (Wildman–Crippen MR) is 125 cm³/mol. The number of carbonyl (C=O) groups is 1. The third kappa shape index (κ3) is 5.03. The predicted octanol–water partition coefficient (Wildman–Crippen LogP) is 5.37. The maximum absolute atomic E-state index is 12.8. The lowest BCUT2D eigenvalue weighted by atomic mass is 10.1. The number of benzene rings is 2. The zero-order valence-corrected chi connectivity index (χ0v) is 18.1. The molecule has 1 heterocycles. The standard InChI is InChI=1S/C23H26N2OS2/c1-3-24(4-2)20-14-12-19(13-15-20)17-21-22(26)25(23(27)28-21)16-8-11-18-9-6-5-7-10-18/h5-7,9-10,12-15,17H,3-4,8,11,16H2,1-2H3/b21-17+. The van der Waals surface area contributed by atoms with Gasteiger partial charge in [0.2, 0.25) is 0 Å². The number of thioether (sulfide) groups is 1. The van der Waals surface area contributed by atoms with Gasteiger partial charge in [-0.15, -0.1) is 0 Å². The summed E-state index contributed by atoms with van der Waals surface area (Å²) < 4.78 is 0.657. The van der Waals surface area contributed by atoms with Gasteiger partial charge in [-0.05, 0) is 56.0 Å². The van der Waals surface area contributed by atoms with E-state index in [-0.39, 0.29) is 5.91 Å². The first kappa shape index (κ1) is 20.6. The number of thiocarbonyl (C=S) groups is 1. The van der Waals surface area contributed by atoms with Gasteiger partial charge in [0, 0.05) is 25.3 Å². The summed E-state index contributed by atoms with van der Waals surface area (Å²) in [6, 6.07) is 18.7. The Bertz CT molecular complexity index is 843. The van der Waals surface area contributed by atoms with Crippen LogP contribution in [0, 0.1) is 0 Å². The molecule has 1 saturated heterocycles. The van der Waals surface area contributed by atoms with E-state index in [1.165, 1.54) is 23.0 Å². The van der Waals surface area contributed by atoms with E-state index in [0.717, 1.165) is 31.5 Å². The van der Waals surface area contributed by atoms with Crippen LogP contribution in [-0.2, 0) is 11.2 Å². The van der Waals surface area contributed by atoms with Crippen LogP contribution < -0.4 is 4.90 Å². The van der Waals surface area contributed by atoms with Gasteiger partial charge in [0.15, 0.2) is 0 Å². The summed E-state index contributed by atoms with van der Waals surface area (Å²) in [6.07, 6.45) is 3.80. The normalized spacial score (nSPS) is 15.5. The Kier molecular flexibility index (Phi) is 7.29. The van der Waals surface area contributed by atoms with Crippen LogP contribution in [0.1, 0.15) is 31.4 Å². The van der Waals surface area contributed by atoms with Gasteiger partial charge >= 0.3 is 0 Å². The van der Waals surface area contributed by atoms with E-state index in [4.69, 9.17) is 12.2 Å². The van der Waals surface area contributed by atoms with Gasteiger partial charge in [0.05, 0.1) is 4.91 Å². The van der Waals surface area contributed by atoms with E-state index in [0.29, 0.717) is 15.8 Å². The molecule has 0 saturated carbocycles. The topological polar surface area (TPSA) is 23.6 Å². The molecule has 3 rings (SSSR count). The Morgan fingerprint density at radius 2 is 1.71 bits per heavy atom. The molecule has 0 aromatic heterocycles. The van der Waals surface area contributed by atoms with Crippen molar-refractivity contribution in [3.8, 4) is 0 Å². The Morgan fingerprint density at radius 1 is 1.04 bits per heavy atom. The first-order valence-electron chi connectivity index (χ1n) is 9.76. The average molecular weight is 411 g/mol. The summed E-state index contributed by atoms with van der Waals surface area (Å²) in [5.41, 5.74) is 3.52. The number of anilines is 1. The van der Waals surface area contributed by atoms with Crippen molar-refractivity contribution in [3.05, 3.63) is 70.6 Å². The zero-order valence-electron chi connectivity index (χ0n) is 16.4. The molecule has 0 unspecified atom stereocenters. The molecule has 28 heavy (non-hydrogen) atoms. The summed E-state index contributed by atoms with van der Waals surface area (Å²) in [7, 11) is 0. The van der Waals surface area contributed by atoms with Gasteiger partial charge in [-0.3, -0.25) is 9.69 Å². The number of nitrogens with zero attached hydrogens (tertiary/aromatic N) is 2. The smallest absolute Gasteiger partial charge is 0.266 e. The molecule has 0 N–H and O–H groups in total. The number of amides is 1. The van der Waals surface area contributed by atoms with Gasteiger partial charge < -0.3 is 4.90 Å². The number of aryl methyl sites for hydroxylation is 1. The van der Waals surface area contributed by atoms with Crippen LogP contribution in [0.15, 0.2) is 59.5 Å². The monoisotopic (exact) mass is 410 g/mol. The van der Waals surface area contributed by atoms with E-state index in [1.807, 2.05) is 24.3 Å². The van der Waals surface area contributed by atoms with Crippen LogP contribution >= 0.6 is 24.0 Å². The largest absolute Gasteiger partial charge is 0.372 e. The van der Waals surface area contributed by atoms with Gasteiger partial charge in [-0.25, -0.2) is 0 Å². The van der Waals surface area contributed by atoms with E-state index < -0.39 is 0 Å². The van der Waals surface area contributed by atoms with Crippen molar-refractivity contribution in [1.29, 1.82) is 0 Å². The molecule has 2 aromatic carbocycles. The molecule has 1 aliphatic rings. The highest BCUT2D eigenvalue weighted by molar-refractivity contribution is 8.26. The molecule has 1 aliphatic heterocycles. The van der Waals surface area contributed by atoms with Crippen molar-refractivity contribution in [1.82, 2.24) is 4.90 Å². The second-order valence-electron chi connectivity index (χ2n) is 6.69. The highest BCUT2D eigenvalue weighted by Gasteiger charge is 2.31. The molecule has 0 atom stereocenters. The molecule has 1 fully saturated rings. The Morgan fingerprint density at radius 3 is 2.36 bits per heavy atom. The summed E-state index contributed by atoms with van der Waals surface area (Å²) in [5.74, 6) is 0.0240. The van der Waals surface area contributed by atoms with E-state index in [2.05, 4.69) is 55.1 Å². The van der Waals surface area contributed by atoms with Crippen LogP contribution in [-0.4, -0.2) is 34.8 Å². The first-order valence-corrected chi connectivity index (χ1v) is 11.0. The lowest BCUT2D eigenvalue weighted by molar-refractivity contribution is -0.122. The minimum Gasteiger partial charge on any atom is -0.372 e. The minimum atomic E-state index is 0.0240. The van der Waals surface area contributed by atoms with Crippen LogP contribution in [0.2, 0.25) is 0 Å². The summed E-state index contributed by atoms with van der Waals surface area (Å²) >= 11 is 6.85. The van der Waals surface area contributed by atoms with E-state index in [1.54, 1.807) is 4.90 Å². The number of hydrogen-bond donors (Lipinski definition) is 0. The third-order valence-electron chi connectivity index (χ3n) is 4.88. The van der Waals surface area contributed by atoms with Crippen molar-refractivity contribution in [2.45, 2.75) is 26.7 Å². The van der Waals surface area contributed by atoms with Gasteiger partial charge in [-0.1, -0.05) is 66.4 Å². The summed E-state index contributed by atoms with van der Waals surface area (Å²) in [5, 5.41) is 0. The Hall–Kier alpha value is -2.11. The molecule has 5 heteroatoms. The third-order valence-corrected chi connectivity index (χ3v) is 6.26. The molecule has 0 radical (unpaired) electrons. The highest BCUT2D eigenvalue weighted by atomic mass is 32.2. The molecule has 3 nitrogen and oxygen atoms in total. The van der Waals surface area contributed by atoms with Gasteiger partial charge in [0.25, 0.3) is 5.91 Å². The molecule has 2 aromatic rings. The molecule has 1 amide bonds. The van der Waals surface area contributed by atoms with Crippen molar-refractivity contribution >= 4 is 46.0 Å².